The van der Waals surface area contributed by atoms with E-state index in [1.54, 1.807) is 38.1 Å². The van der Waals surface area contributed by atoms with Crippen LogP contribution in [0.3, 0.4) is 0 Å². The van der Waals surface area contributed by atoms with Gasteiger partial charge in [-0.25, -0.2) is 4.79 Å². The van der Waals surface area contributed by atoms with Crippen molar-refractivity contribution in [1.29, 1.82) is 0 Å². The Hall–Kier alpha value is -1.88. The van der Waals surface area contributed by atoms with Gasteiger partial charge >= 0.3 is 11.9 Å². The maximum absolute atomic E-state index is 11.7. The molecule has 0 saturated heterocycles. The average Bonchev–Trinajstić information content (AvgIpc) is 2.44. The van der Waals surface area contributed by atoms with Gasteiger partial charge in [0.05, 0.1) is 25.2 Å². The Morgan fingerprint density at radius 2 is 1.84 bits per heavy atom. The Balaban J connectivity index is 3.09. The zero-order valence-corrected chi connectivity index (χ0v) is 11.6. The molecule has 1 rings (SSSR count). The van der Waals surface area contributed by atoms with Gasteiger partial charge in [-0.15, -0.1) is 0 Å². The first-order valence-corrected chi connectivity index (χ1v) is 5.87. The lowest BCUT2D eigenvalue weighted by molar-refractivity contribution is -0.152. The molecule has 0 saturated carbocycles. The van der Waals surface area contributed by atoms with Crippen LogP contribution in [-0.2, 0) is 14.3 Å². The molecule has 0 amide bonds. The van der Waals surface area contributed by atoms with Crippen molar-refractivity contribution in [3.8, 4) is 0 Å². The van der Waals surface area contributed by atoms with E-state index in [2.05, 4.69) is 4.74 Å². The summed E-state index contributed by atoms with van der Waals surface area (Å²) in [6.45, 7) is 3.41. The van der Waals surface area contributed by atoms with Crippen molar-refractivity contribution >= 4 is 11.9 Å². The van der Waals surface area contributed by atoms with Crippen molar-refractivity contribution in [2.45, 2.75) is 19.9 Å². The molecule has 1 atom stereocenters. The van der Waals surface area contributed by atoms with Gasteiger partial charge in [0, 0.05) is 6.04 Å². The third-order valence-electron chi connectivity index (χ3n) is 3.16. The van der Waals surface area contributed by atoms with Gasteiger partial charge < -0.3 is 15.2 Å². The standard InChI is InChI=1S/C14H19NO4/c1-14(2,13(17)19-4)11(15)9-6-5-7-10(8-9)12(16)18-3/h5-8,11H,15H2,1-4H3/t11-/m1/s1. The van der Waals surface area contributed by atoms with Crippen molar-refractivity contribution in [2.24, 2.45) is 11.1 Å². The second kappa shape index (κ2) is 5.84. The smallest absolute Gasteiger partial charge is 0.337 e. The van der Waals surface area contributed by atoms with Gasteiger partial charge in [0.2, 0.25) is 0 Å². The van der Waals surface area contributed by atoms with E-state index < -0.39 is 23.4 Å². The van der Waals surface area contributed by atoms with Gasteiger partial charge in [-0.1, -0.05) is 12.1 Å². The van der Waals surface area contributed by atoms with Gasteiger partial charge in [0.25, 0.3) is 0 Å². The number of carbonyl (C=O) groups excluding carboxylic acids is 2. The van der Waals surface area contributed by atoms with Crippen molar-refractivity contribution < 1.29 is 19.1 Å². The maximum atomic E-state index is 11.7. The Morgan fingerprint density at radius 1 is 1.21 bits per heavy atom. The number of methoxy groups -OCH3 is 2. The minimum absolute atomic E-state index is 0.399. The van der Waals surface area contributed by atoms with E-state index in [1.807, 2.05) is 0 Å². The summed E-state index contributed by atoms with van der Waals surface area (Å²) in [6, 6.07) is 6.15. The summed E-state index contributed by atoms with van der Waals surface area (Å²) in [4.78, 5) is 23.2. The summed E-state index contributed by atoms with van der Waals surface area (Å²) in [5.41, 5.74) is 6.30. The van der Waals surface area contributed by atoms with E-state index in [1.165, 1.54) is 14.2 Å². The second-order valence-corrected chi connectivity index (χ2v) is 4.81. The Labute approximate surface area is 112 Å². The minimum Gasteiger partial charge on any atom is -0.469 e. The molecule has 0 bridgehead atoms. The molecule has 1 aromatic rings. The van der Waals surface area contributed by atoms with Crippen LogP contribution >= 0.6 is 0 Å². The molecule has 0 radical (unpaired) electrons. The maximum Gasteiger partial charge on any atom is 0.337 e. The van der Waals surface area contributed by atoms with Crippen LogP contribution < -0.4 is 5.73 Å². The van der Waals surface area contributed by atoms with Crippen LogP contribution in [-0.4, -0.2) is 26.2 Å². The highest BCUT2D eigenvalue weighted by Gasteiger charge is 2.36. The van der Waals surface area contributed by atoms with Crippen LogP contribution in [0.4, 0.5) is 0 Å². The second-order valence-electron chi connectivity index (χ2n) is 4.81. The fourth-order valence-corrected chi connectivity index (χ4v) is 1.78. The topological polar surface area (TPSA) is 78.6 Å². The number of ether oxygens (including phenoxy) is 2. The Bertz CT molecular complexity index is 482. The van der Waals surface area contributed by atoms with Crippen LogP contribution in [0.5, 0.6) is 0 Å². The molecule has 2 N–H and O–H groups in total. The number of carbonyl (C=O) groups is 2. The van der Waals surface area contributed by atoms with Crippen molar-refractivity contribution in [2.75, 3.05) is 14.2 Å². The number of esters is 2. The van der Waals surface area contributed by atoms with Crippen LogP contribution in [0.2, 0.25) is 0 Å². The lowest BCUT2D eigenvalue weighted by atomic mass is 9.80. The first-order chi connectivity index (χ1) is 8.84. The van der Waals surface area contributed by atoms with Gasteiger partial charge in [-0.3, -0.25) is 4.79 Å². The third-order valence-corrected chi connectivity index (χ3v) is 3.16. The molecule has 0 fully saturated rings. The fraction of sp³-hybridized carbons (Fsp3) is 0.429. The van der Waals surface area contributed by atoms with Crippen LogP contribution in [0.25, 0.3) is 0 Å². The number of benzene rings is 1. The van der Waals surface area contributed by atoms with Gasteiger partial charge in [-0.2, -0.15) is 0 Å². The molecule has 0 unspecified atom stereocenters. The number of hydrogen-bond acceptors (Lipinski definition) is 5. The SMILES string of the molecule is COC(=O)c1cccc([C@@H](N)C(C)(C)C(=O)OC)c1. The zero-order valence-electron chi connectivity index (χ0n) is 11.6. The molecule has 1 aromatic carbocycles. The molecule has 0 aromatic heterocycles. The molecule has 0 heterocycles. The van der Waals surface area contributed by atoms with Gasteiger partial charge in [0.1, 0.15) is 0 Å². The molecule has 0 aliphatic rings. The largest absolute Gasteiger partial charge is 0.469 e. The van der Waals surface area contributed by atoms with Crippen molar-refractivity contribution in [3.63, 3.8) is 0 Å². The predicted molar refractivity (Wildman–Crippen MR) is 70.5 cm³/mol. The Kier molecular flexibility index (Phi) is 4.67. The van der Waals surface area contributed by atoms with E-state index >= 15 is 0 Å². The quantitative estimate of drug-likeness (QED) is 0.838. The third kappa shape index (κ3) is 3.12. The molecule has 19 heavy (non-hydrogen) atoms. The van der Waals surface area contributed by atoms with Gasteiger partial charge in [0.15, 0.2) is 0 Å². The molecule has 0 aliphatic heterocycles. The fourth-order valence-electron chi connectivity index (χ4n) is 1.78. The van der Waals surface area contributed by atoms with E-state index in [-0.39, 0.29) is 0 Å². The van der Waals surface area contributed by atoms with E-state index in [4.69, 9.17) is 10.5 Å². The summed E-state index contributed by atoms with van der Waals surface area (Å²) in [7, 11) is 2.63. The molecule has 5 nitrogen and oxygen atoms in total. The molecular weight excluding hydrogens is 246 g/mol. The molecule has 0 spiro atoms. The van der Waals surface area contributed by atoms with Crippen molar-refractivity contribution in [1.82, 2.24) is 0 Å². The molecule has 0 aliphatic carbocycles. The molecule has 104 valence electrons. The lowest BCUT2D eigenvalue weighted by Gasteiger charge is -2.29. The van der Waals surface area contributed by atoms with E-state index in [0.717, 1.165) is 0 Å². The van der Waals surface area contributed by atoms with Crippen LogP contribution in [0.15, 0.2) is 24.3 Å². The summed E-state index contributed by atoms with van der Waals surface area (Å²) in [5.74, 6) is -0.839. The van der Waals surface area contributed by atoms with E-state index in [0.29, 0.717) is 11.1 Å². The normalized spacial score (nSPS) is 12.7. The molecular formula is C14H19NO4. The van der Waals surface area contributed by atoms with E-state index in [9.17, 15) is 9.59 Å². The summed E-state index contributed by atoms with van der Waals surface area (Å²) in [5, 5.41) is 0. The first-order valence-electron chi connectivity index (χ1n) is 5.87. The highest BCUT2D eigenvalue weighted by molar-refractivity contribution is 5.89. The summed E-state index contributed by atoms with van der Waals surface area (Å²) >= 11 is 0. The monoisotopic (exact) mass is 265 g/mol. The highest BCUT2D eigenvalue weighted by atomic mass is 16.5. The number of rotatable bonds is 4. The highest BCUT2D eigenvalue weighted by Crippen LogP contribution is 2.32. The van der Waals surface area contributed by atoms with Crippen molar-refractivity contribution in [3.05, 3.63) is 35.4 Å². The number of nitrogens with two attached hydrogens (primary N) is 1. The zero-order chi connectivity index (χ0) is 14.6. The first kappa shape index (κ1) is 15.2. The molecule has 5 heteroatoms. The minimum atomic E-state index is -0.885. The lowest BCUT2D eigenvalue weighted by Crippen LogP contribution is -2.37. The number of hydrogen-bond donors (Lipinski definition) is 1. The predicted octanol–water partition coefficient (Wildman–Crippen LogP) is 1.67. The van der Waals surface area contributed by atoms with Gasteiger partial charge in [-0.05, 0) is 31.5 Å². The Morgan fingerprint density at radius 3 is 2.37 bits per heavy atom. The summed E-state index contributed by atoms with van der Waals surface area (Å²) < 4.78 is 9.40. The van der Waals surface area contributed by atoms with Crippen LogP contribution in [0, 0.1) is 5.41 Å². The van der Waals surface area contributed by atoms with Crippen LogP contribution in [0.1, 0.15) is 35.8 Å². The average molecular weight is 265 g/mol. The summed E-state index contributed by atoms with van der Waals surface area (Å²) in [6.07, 6.45) is 0.